The van der Waals surface area contributed by atoms with E-state index in [4.69, 9.17) is 10.5 Å². The summed E-state index contributed by atoms with van der Waals surface area (Å²) in [7, 11) is 1.86. The van der Waals surface area contributed by atoms with Gasteiger partial charge in [0.2, 0.25) is 5.95 Å². The lowest BCUT2D eigenvalue weighted by molar-refractivity contribution is 0.0515. The van der Waals surface area contributed by atoms with Crippen molar-refractivity contribution in [3.05, 3.63) is 29.1 Å². The molecule has 0 saturated heterocycles. The Hall–Kier alpha value is -2.37. The molecule has 0 aromatic carbocycles. The van der Waals surface area contributed by atoms with Gasteiger partial charge in [-0.05, 0) is 43.4 Å². The van der Waals surface area contributed by atoms with Gasteiger partial charge in [-0.25, -0.2) is 14.8 Å². The summed E-state index contributed by atoms with van der Waals surface area (Å²) in [6.07, 6.45) is 4.60. The summed E-state index contributed by atoms with van der Waals surface area (Å²) in [4.78, 5) is 20.5. The van der Waals surface area contributed by atoms with Crippen LogP contribution in [0.15, 0.2) is 12.3 Å². The van der Waals surface area contributed by atoms with E-state index in [1.807, 2.05) is 17.7 Å². The van der Waals surface area contributed by atoms with Crippen molar-refractivity contribution in [2.24, 2.45) is 7.05 Å². The molecule has 110 valence electrons. The number of nitrogens with two attached hydrogens (primary N) is 1. The molecule has 0 saturated carbocycles. The summed E-state index contributed by atoms with van der Waals surface area (Å²) >= 11 is 0. The van der Waals surface area contributed by atoms with Crippen LogP contribution in [0.2, 0.25) is 0 Å². The lowest BCUT2D eigenvalue weighted by Crippen LogP contribution is -2.11. The van der Waals surface area contributed by atoms with E-state index in [0.717, 1.165) is 41.8 Å². The highest BCUT2D eigenvalue weighted by molar-refractivity contribution is 5.90. The number of ether oxygens (including phenoxy) is 1. The van der Waals surface area contributed by atoms with E-state index in [0.29, 0.717) is 12.3 Å². The van der Waals surface area contributed by atoms with Crippen LogP contribution in [0.25, 0.3) is 11.4 Å². The molecule has 6 heteroatoms. The fraction of sp³-hybridized carbons (Fsp3) is 0.400. The quantitative estimate of drug-likeness (QED) is 0.850. The lowest BCUT2D eigenvalue weighted by Gasteiger charge is -2.10. The molecular formula is C15H18N4O2. The van der Waals surface area contributed by atoms with E-state index in [9.17, 15) is 4.79 Å². The number of nitrogens with zero attached hydrogens (tertiary/aromatic N) is 3. The van der Waals surface area contributed by atoms with Gasteiger partial charge in [0.15, 0.2) is 0 Å². The van der Waals surface area contributed by atoms with Gasteiger partial charge < -0.3 is 15.0 Å². The van der Waals surface area contributed by atoms with Crippen molar-refractivity contribution in [2.45, 2.75) is 26.2 Å². The molecule has 6 nitrogen and oxygen atoms in total. The van der Waals surface area contributed by atoms with Crippen LogP contribution in [0.4, 0.5) is 5.95 Å². The van der Waals surface area contributed by atoms with Crippen LogP contribution in [0.3, 0.4) is 0 Å². The number of esters is 1. The predicted octanol–water partition coefficient (Wildman–Crippen LogP) is 1.73. The minimum atomic E-state index is -0.309. The van der Waals surface area contributed by atoms with E-state index in [1.165, 1.54) is 0 Å². The largest absolute Gasteiger partial charge is 0.461 e. The maximum Gasteiger partial charge on any atom is 0.354 e. The normalized spacial score (nSPS) is 13.2. The highest BCUT2D eigenvalue weighted by atomic mass is 16.5. The van der Waals surface area contributed by atoms with Crippen molar-refractivity contribution < 1.29 is 9.53 Å². The summed E-state index contributed by atoms with van der Waals surface area (Å²) < 4.78 is 6.96. The van der Waals surface area contributed by atoms with Crippen LogP contribution < -0.4 is 5.73 Å². The summed E-state index contributed by atoms with van der Waals surface area (Å²) in [6, 6.07) is 1.90. The number of aryl methyl sites for hydroxylation is 2. The molecule has 1 aliphatic rings. The third-order valence-corrected chi connectivity index (χ3v) is 3.80. The Morgan fingerprint density at radius 2 is 2.19 bits per heavy atom. The highest BCUT2D eigenvalue weighted by Crippen LogP contribution is 2.33. The maximum atomic E-state index is 12.0. The Kier molecular flexibility index (Phi) is 3.37. The Morgan fingerprint density at radius 1 is 1.43 bits per heavy atom. The Balaban J connectivity index is 2.18. The van der Waals surface area contributed by atoms with Gasteiger partial charge in [-0.2, -0.15) is 0 Å². The fourth-order valence-corrected chi connectivity index (χ4v) is 2.85. The number of rotatable bonds is 2. The molecule has 2 N–H and O–H groups in total. The first-order valence-electron chi connectivity index (χ1n) is 7.09. The number of nitrogen functional groups attached to an aromatic ring is 1. The molecule has 1 aliphatic carbocycles. The number of carbonyl (C=O) groups is 1. The zero-order valence-electron chi connectivity index (χ0n) is 12.2. The van der Waals surface area contributed by atoms with Gasteiger partial charge in [0.1, 0.15) is 5.69 Å². The summed E-state index contributed by atoms with van der Waals surface area (Å²) in [5, 5.41) is 0. The number of aromatic nitrogens is 3. The van der Waals surface area contributed by atoms with Crippen molar-refractivity contribution >= 4 is 11.9 Å². The molecule has 3 rings (SSSR count). The first-order valence-corrected chi connectivity index (χ1v) is 7.09. The molecule has 2 aromatic heterocycles. The third-order valence-electron chi connectivity index (χ3n) is 3.80. The number of carbonyl (C=O) groups excluding carboxylic acids is 1. The lowest BCUT2D eigenvalue weighted by atomic mass is 10.1. The second-order valence-corrected chi connectivity index (χ2v) is 5.14. The van der Waals surface area contributed by atoms with Gasteiger partial charge >= 0.3 is 5.97 Å². The Labute approximate surface area is 123 Å². The van der Waals surface area contributed by atoms with Gasteiger partial charge in [0.25, 0.3) is 0 Å². The zero-order valence-corrected chi connectivity index (χ0v) is 12.2. The standard InChI is InChI=1S/C15H18N4O2/c1-3-21-14(20)11-7-9-5-4-6-10-8-17-15(16)18-12(10)13(9)19(11)2/h7-8H,3-6H2,1-2H3,(H2,16,17,18). The van der Waals surface area contributed by atoms with Crippen LogP contribution in [0.5, 0.6) is 0 Å². The topological polar surface area (TPSA) is 83.0 Å². The van der Waals surface area contributed by atoms with Gasteiger partial charge in [-0.15, -0.1) is 0 Å². The second-order valence-electron chi connectivity index (χ2n) is 5.14. The molecule has 2 heterocycles. The van der Waals surface area contributed by atoms with Crippen LogP contribution in [-0.2, 0) is 24.6 Å². The highest BCUT2D eigenvalue weighted by Gasteiger charge is 2.24. The van der Waals surface area contributed by atoms with Crippen LogP contribution in [-0.4, -0.2) is 27.1 Å². The predicted molar refractivity (Wildman–Crippen MR) is 78.8 cm³/mol. The molecule has 2 aromatic rings. The average molecular weight is 286 g/mol. The molecule has 0 fully saturated rings. The third kappa shape index (κ3) is 2.26. The molecule has 0 radical (unpaired) electrons. The van der Waals surface area contributed by atoms with Gasteiger partial charge in [0, 0.05) is 13.2 Å². The summed E-state index contributed by atoms with van der Waals surface area (Å²) in [5.74, 6) is -0.0582. The second kappa shape index (κ2) is 5.20. The van der Waals surface area contributed by atoms with Gasteiger partial charge in [0.05, 0.1) is 18.0 Å². The summed E-state index contributed by atoms with van der Waals surface area (Å²) in [5.41, 5.74) is 10.2. The van der Waals surface area contributed by atoms with E-state index >= 15 is 0 Å². The number of fused-ring (bicyclic) bond motifs is 3. The molecule has 0 bridgehead atoms. The smallest absolute Gasteiger partial charge is 0.354 e. The molecule has 21 heavy (non-hydrogen) atoms. The van der Waals surface area contributed by atoms with Crippen LogP contribution >= 0.6 is 0 Å². The first-order chi connectivity index (χ1) is 10.1. The van der Waals surface area contributed by atoms with Crippen molar-refractivity contribution in [3.63, 3.8) is 0 Å². The van der Waals surface area contributed by atoms with E-state index in [1.54, 1.807) is 13.1 Å². The SMILES string of the molecule is CCOC(=O)c1cc2c(n1C)-c1nc(N)ncc1CCC2. The monoisotopic (exact) mass is 286 g/mol. The number of hydrogen-bond acceptors (Lipinski definition) is 5. The molecule has 0 spiro atoms. The molecule has 0 atom stereocenters. The minimum absolute atomic E-state index is 0.250. The van der Waals surface area contributed by atoms with Crippen LogP contribution in [0, 0.1) is 0 Å². The van der Waals surface area contributed by atoms with Crippen molar-refractivity contribution in [1.29, 1.82) is 0 Å². The molecule has 0 unspecified atom stereocenters. The number of hydrogen-bond donors (Lipinski definition) is 1. The molecule has 0 aliphatic heterocycles. The number of anilines is 1. The minimum Gasteiger partial charge on any atom is -0.461 e. The van der Waals surface area contributed by atoms with Gasteiger partial charge in [-0.3, -0.25) is 0 Å². The Morgan fingerprint density at radius 3 is 2.95 bits per heavy atom. The first kappa shape index (κ1) is 13.6. The maximum absolute atomic E-state index is 12.0. The van der Waals surface area contributed by atoms with E-state index < -0.39 is 0 Å². The fourth-order valence-electron chi connectivity index (χ4n) is 2.85. The van der Waals surface area contributed by atoms with Crippen LogP contribution in [0.1, 0.15) is 35.0 Å². The molecule has 0 amide bonds. The van der Waals surface area contributed by atoms with Crippen molar-refractivity contribution in [3.8, 4) is 11.4 Å². The van der Waals surface area contributed by atoms with Crippen molar-refractivity contribution in [1.82, 2.24) is 14.5 Å². The molecular weight excluding hydrogens is 268 g/mol. The van der Waals surface area contributed by atoms with E-state index in [-0.39, 0.29) is 11.9 Å². The zero-order chi connectivity index (χ0) is 15.0. The Bertz CT molecular complexity index is 706. The average Bonchev–Trinajstić information content (AvgIpc) is 2.67. The van der Waals surface area contributed by atoms with Crippen molar-refractivity contribution in [2.75, 3.05) is 12.3 Å². The van der Waals surface area contributed by atoms with Gasteiger partial charge in [-0.1, -0.05) is 0 Å². The summed E-state index contributed by atoms with van der Waals surface area (Å²) in [6.45, 7) is 2.16. The van der Waals surface area contributed by atoms with E-state index in [2.05, 4.69) is 9.97 Å².